The number of carbonyl (C=O) groups excluding carboxylic acids is 2. The van der Waals surface area contributed by atoms with E-state index in [0.717, 1.165) is 27.3 Å². The predicted octanol–water partition coefficient (Wildman–Crippen LogP) is 3.26. The van der Waals surface area contributed by atoms with Crippen LogP contribution in [0.3, 0.4) is 0 Å². The van der Waals surface area contributed by atoms with Crippen LogP contribution in [-0.2, 0) is 26.2 Å². The van der Waals surface area contributed by atoms with Crippen LogP contribution in [0.2, 0.25) is 0 Å². The maximum Gasteiger partial charge on any atom is 0.244 e. The number of nitrogens with zero attached hydrogens (tertiary/aromatic N) is 2. The number of hydrogen-bond donors (Lipinski definition) is 1. The first-order chi connectivity index (χ1) is 15.4. The van der Waals surface area contributed by atoms with Crippen LogP contribution < -0.4 is 9.62 Å². The molecule has 1 atom stereocenters. The average Bonchev–Trinajstić information content (AvgIpc) is 2.74. The lowest BCUT2D eigenvalue weighted by Gasteiger charge is -2.31. The number of anilines is 1. The second-order valence-corrected chi connectivity index (χ2v) is 10.8. The van der Waals surface area contributed by atoms with Gasteiger partial charge in [0.1, 0.15) is 12.6 Å². The average molecular weight is 474 g/mol. The molecule has 2 rings (SSSR count). The summed E-state index contributed by atoms with van der Waals surface area (Å²) in [6.45, 7) is 9.82. The van der Waals surface area contributed by atoms with E-state index in [2.05, 4.69) is 5.32 Å². The number of sulfonamides is 1. The van der Waals surface area contributed by atoms with Crippen molar-refractivity contribution in [3.63, 3.8) is 0 Å². The molecule has 0 heterocycles. The van der Waals surface area contributed by atoms with Gasteiger partial charge in [-0.05, 0) is 44.4 Å². The largest absolute Gasteiger partial charge is 0.354 e. The Morgan fingerprint density at radius 3 is 1.91 bits per heavy atom. The van der Waals surface area contributed by atoms with Crippen LogP contribution in [0, 0.1) is 19.8 Å². The molecule has 0 spiro atoms. The van der Waals surface area contributed by atoms with Gasteiger partial charge in [-0.15, -0.1) is 0 Å². The van der Waals surface area contributed by atoms with E-state index in [1.165, 1.54) is 4.90 Å². The number of benzene rings is 2. The van der Waals surface area contributed by atoms with E-state index in [9.17, 15) is 18.0 Å². The van der Waals surface area contributed by atoms with Crippen molar-refractivity contribution in [1.82, 2.24) is 10.2 Å². The quantitative estimate of drug-likeness (QED) is 0.574. The summed E-state index contributed by atoms with van der Waals surface area (Å²) in [4.78, 5) is 27.7. The number of nitrogens with one attached hydrogen (secondary N) is 1. The van der Waals surface area contributed by atoms with Gasteiger partial charge < -0.3 is 10.2 Å². The lowest BCUT2D eigenvalue weighted by molar-refractivity contribution is -0.139. The number of amides is 2. The van der Waals surface area contributed by atoms with Crippen molar-refractivity contribution in [3.8, 4) is 0 Å². The van der Waals surface area contributed by atoms with E-state index in [4.69, 9.17) is 0 Å². The van der Waals surface area contributed by atoms with Crippen LogP contribution in [-0.4, -0.2) is 50.5 Å². The van der Waals surface area contributed by atoms with E-state index in [1.54, 1.807) is 31.2 Å². The van der Waals surface area contributed by atoms with Crippen molar-refractivity contribution in [2.24, 2.45) is 5.92 Å². The fourth-order valence-corrected chi connectivity index (χ4v) is 4.10. The molecule has 180 valence electrons. The van der Waals surface area contributed by atoms with Gasteiger partial charge in [0.05, 0.1) is 11.9 Å². The van der Waals surface area contributed by atoms with Crippen molar-refractivity contribution >= 4 is 27.5 Å². The number of rotatable bonds is 10. The Bertz CT molecular complexity index is 1050. The Morgan fingerprint density at radius 2 is 1.42 bits per heavy atom. The van der Waals surface area contributed by atoms with Crippen LogP contribution in [0.5, 0.6) is 0 Å². The molecule has 2 aromatic rings. The molecule has 0 aromatic heterocycles. The molecule has 33 heavy (non-hydrogen) atoms. The number of aryl methyl sites for hydroxylation is 2. The summed E-state index contributed by atoms with van der Waals surface area (Å²) < 4.78 is 26.1. The lowest BCUT2D eigenvalue weighted by atomic mass is 10.1. The molecule has 0 unspecified atom stereocenters. The van der Waals surface area contributed by atoms with Gasteiger partial charge in [0.25, 0.3) is 0 Å². The first-order valence-electron chi connectivity index (χ1n) is 11.1. The lowest BCUT2D eigenvalue weighted by Crippen LogP contribution is -2.51. The molecule has 2 aromatic carbocycles. The Balaban J connectivity index is 2.34. The highest BCUT2D eigenvalue weighted by Gasteiger charge is 2.30. The molecule has 2 amide bonds. The SMILES string of the molecule is Cc1ccc(CN(C(=O)CN(c2ccc(C)cc2)S(C)(=O)=O)[C@H](C)C(=O)NCC(C)C)cc1. The van der Waals surface area contributed by atoms with Crippen molar-refractivity contribution in [3.05, 3.63) is 65.2 Å². The Labute approximate surface area is 197 Å². The highest BCUT2D eigenvalue weighted by atomic mass is 32.2. The van der Waals surface area contributed by atoms with E-state index in [1.807, 2.05) is 52.0 Å². The first kappa shape index (κ1) is 26.4. The van der Waals surface area contributed by atoms with Crippen LogP contribution in [0.25, 0.3) is 0 Å². The van der Waals surface area contributed by atoms with E-state index in [-0.39, 0.29) is 18.4 Å². The van der Waals surface area contributed by atoms with E-state index < -0.39 is 28.5 Å². The molecule has 0 radical (unpaired) electrons. The van der Waals surface area contributed by atoms with Gasteiger partial charge >= 0.3 is 0 Å². The predicted molar refractivity (Wildman–Crippen MR) is 132 cm³/mol. The minimum absolute atomic E-state index is 0.195. The van der Waals surface area contributed by atoms with Gasteiger partial charge in [0.2, 0.25) is 21.8 Å². The number of carbonyl (C=O) groups is 2. The molecule has 0 bridgehead atoms. The maximum atomic E-state index is 13.4. The van der Waals surface area contributed by atoms with Crippen LogP contribution in [0.15, 0.2) is 48.5 Å². The number of hydrogen-bond acceptors (Lipinski definition) is 4. The highest BCUT2D eigenvalue weighted by molar-refractivity contribution is 7.92. The Kier molecular flexibility index (Phi) is 9.05. The van der Waals surface area contributed by atoms with Gasteiger partial charge in [-0.1, -0.05) is 61.4 Å². The third-order valence-electron chi connectivity index (χ3n) is 5.33. The maximum absolute atomic E-state index is 13.4. The molecule has 0 aliphatic rings. The van der Waals surface area contributed by atoms with Gasteiger partial charge in [0.15, 0.2) is 0 Å². The van der Waals surface area contributed by atoms with Crippen LogP contribution in [0.4, 0.5) is 5.69 Å². The summed E-state index contributed by atoms with van der Waals surface area (Å²) in [7, 11) is -3.72. The van der Waals surface area contributed by atoms with Gasteiger partial charge in [-0.2, -0.15) is 0 Å². The summed E-state index contributed by atoms with van der Waals surface area (Å²) in [6, 6.07) is 13.9. The zero-order chi connectivity index (χ0) is 24.8. The molecule has 0 aliphatic heterocycles. The zero-order valence-electron chi connectivity index (χ0n) is 20.3. The fraction of sp³-hybridized carbons (Fsp3) is 0.440. The van der Waals surface area contributed by atoms with Crippen molar-refractivity contribution < 1.29 is 18.0 Å². The van der Waals surface area contributed by atoms with E-state index in [0.29, 0.717) is 12.2 Å². The van der Waals surface area contributed by atoms with Gasteiger partial charge in [-0.3, -0.25) is 13.9 Å². The molecule has 0 saturated heterocycles. The first-order valence-corrected chi connectivity index (χ1v) is 12.9. The zero-order valence-corrected chi connectivity index (χ0v) is 21.1. The third-order valence-corrected chi connectivity index (χ3v) is 6.47. The summed E-state index contributed by atoms with van der Waals surface area (Å²) in [5, 5.41) is 2.87. The minimum Gasteiger partial charge on any atom is -0.354 e. The third kappa shape index (κ3) is 7.89. The molecule has 0 aliphatic carbocycles. The van der Waals surface area contributed by atoms with E-state index >= 15 is 0 Å². The molecule has 0 fully saturated rings. The summed E-state index contributed by atoms with van der Waals surface area (Å²) >= 11 is 0. The topological polar surface area (TPSA) is 86.8 Å². The smallest absolute Gasteiger partial charge is 0.244 e. The Morgan fingerprint density at radius 1 is 0.909 bits per heavy atom. The molecule has 8 heteroatoms. The molecule has 7 nitrogen and oxygen atoms in total. The summed E-state index contributed by atoms with van der Waals surface area (Å²) in [6.07, 6.45) is 1.07. The molecule has 0 saturated carbocycles. The highest BCUT2D eigenvalue weighted by Crippen LogP contribution is 2.20. The molecular formula is C25H35N3O4S. The molecular weight excluding hydrogens is 438 g/mol. The second-order valence-electron chi connectivity index (χ2n) is 8.93. The van der Waals surface area contributed by atoms with Crippen molar-refractivity contribution in [1.29, 1.82) is 0 Å². The monoisotopic (exact) mass is 473 g/mol. The normalized spacial score (nSPS) is 12.3. The summed E-state index contributed by atoms with van der Waals surface area (Å²) in [5.74, 6) is -0.455. The van der Waals surface area contributed by atoms with Crippen LogP contribution >= 0.6 is 0 Å². The van der Waals surface area contributed by atoms with Crippen molar-refractivity contribution in [2.45, 2.75) is 47.2 Å². The second kappa shape index (κ2) is 11.3. The standard InChI is InChI=1S/C25H35N3O4S/c1-18(2)15-26-25(30)21(5)27(16-22-11-7-19(3)8-12-22)24(29)17-28(33(6,31)32)23-13-9-20(4)10-14-23/h7-14,18,21H,15-17H2,1-6H3,(H,26,30)/t21-/m1/s1. The van der Waals surface area contributed by atoms with Crippen molar-refractivity contribution in [2.75, 3.05) is 23.7 Å². The van der Waals surface area contributed by atoms with Gasteiger partial charge in [-0.25, -0.2) is 8.42 Å². The Hall–Kier alpha value is -2.87. The molecule has 1 N–H and O–H groups in total. The summed E-state index contributed by atoms with van der Waals surface area (Å²) in [5.41, 5.74) is 3.33. The minimum atomic E-state index is -3.72. The fourth-order valence-electron chi connectivity index (χ4n) is 3.25. The van der Waals surface area contributed by atoms with Gasteiger partial charge in [0, 0.05) is 13.1 Å². The van der Waals surface area contributed by atoms with Crippen LogP contribution in [0.1, 0.15) is 37.5 Å².